The Morgan fingerprint density at radius 3 is 2.29 bits per heavy atom. The SMILES string of the molecule is COC(=O)c1ccc(NC(=O)C(CC2CCCC2)c2ccc(NS(=O)(=O)C(F)(F)F)cc2)nc1. The highest BCUT2D eigenvalue weighted by molar-refractivity contribution is 7.93. The van der Waals surface area contributed by atoms with Crippen molar-refractivity contribution in [3.8, 4) is 0 Å². The molecule has 8 nitrogen and oxygen atoms in total. The Morgan fingerprint density at radius 2 is 1.76 bits per heavy atom. The summed E-state index contributed by atoms with van der Waals surface area (Å²) in [5.74, 6) is -1.02. The molecule has 34 heavy (non-hydrogen) atoms. The zero-order valence-electron chi connectivity index (χ0n) is 18.3. The van der Waals surface area contributed by atoms with Crippen molar-refractivity contribution in [3.63, 3.8) is 0 Å². The van der Waals surface area contributed by atoms with Gasteiger partial charge in [-0.25, -0.2) is 9.78 Å². The van der Waals surface area contributed by atoms with Gasteiger partial charge in [-0.3, -0.25) is 9.52 Å². The largest absolute Gasteiger partial charge is 0.516 e. The molecule has 0 radical (unpaired) electrons. The lowest BCUT2D eigenvalue weighted by molar-refractivity contribution is -0.118. The first-order valence-electron chi connectivity index (χ1n) is 10.5. The van der Waals surface area contributed by atoms with Gasteiger partial charge in [0.05, 0.1) is 18.6 Å². The molecular weight excluding hydrogens is 475 g/mol. The van der Waals surface area contributed by atoms with E-state index in [2.05, 4.69) is 15.0 Å². The molecule has 3 rings (SSSR count). The van der Waals surface area contributed by atoms with Gasteiger partial charge in [-0.1, -0.05) is 37.8 Å². The number of carbonyl (C=O) groups is 2. The Hall–Kier alpha value is -3.15. The highest BCUT2D eigenvalue weighted by Crippen LogP contribution is 2.35. The van der Waals surface area contributed by atoms with Gasteiger partial charge in [0, 0.05) is 11.9 Å². The van der Waals surface area contributed by atoms with Gasteiger partial charge < -0.3 is 10.1 Å². The molecule has 1 aliphatic rings. The predicted molar refractivity (Wildman–Crippen MR) is 119 cm³/mol. The third-order valence-electron chi connectivity index (χ3n) is 5.67. The number of nitrogens with zero attached hydrogens (tertiary/aromatic N) is 1. The lowest BCUT2D eigenvalue weighted by atomic mass is 9.87. The Kier molecular flexibility index (Phi) is 7.80. The second-order valence-corrected chi connectivity index (χ2v) is 9.70. The number of benzene rings is 1. The molecule has 1 heterocycles. The van der Waals surface area contributed by atoms with Gasteiger partial charge in [0.25, 0.3) is 0 Å². The van der Waals surface area contributed by atoms with Crippen LogP contribution >= 0.6 is 0 Å². The summed E-state index contributed by atoms with van der Waals surface area (Å²) in [5, 5.41) is 2.71. The second-order valence-electron chi connectivity index (χ2n) is 8.02. The smallest absolute Gasteiger partial charge is 0.465 e. The van der Waals surface area contributed by atoms with Gasteiger partial charge in [0.15, 0.2) is 0 Å². The summed E-state index contributed by atoms with van der Waals surface area (Å²) in [7, 11) is -4.30. The number of hydrogen-bond acceptors (Lipinski definition) is 6. The highest BCUT2D eigenvalue weighted by atomic mass is 32.2. The lowest BCUT2D eigenvalue weighted by Gasteiger charge is -2.21. The number of anilines is 2. The fraction of sp³-hybridized carbons (Fsp3) is 0.409. The summed E-state index contributed by atoms with van der Waals surface area (Å²) in [4.78, 5) is 28.7. The molecule has 1 aromatic heterocycles. The minimum Gasteiger partial charge on any atom is -0.465 e. The van der Waals surface area contributed by atoms with E-state index in [1.165, 1.54) is 54.4 Å². The number of rotatable bonds is 8. The number of amides is 1. The first kappa shape index (κ1) is 25.5. The number of esters is 1. The molecule has 184 valence electrons. The van der Waals surface area contributed by atoms with Crippen molar-refractivity contribution in [1.29, 1.82) is 0 Å². The van der Waals surface area contributed by atoms with Crippen LogP contribution in [0.1, 0.15) is 53.9 Å². The minimum absolute atomic E-state index is 0.222. The van der Waals surface area contributed by atoms with Crippen LogP contribution in [0.5, 0.6) is 0 Å². The molecule has 1 amide bonds. The number of pyridine rings is 1. The monoisotopic (exact) mass is 499 g/mol. The summed E-state index contributed by atoms with van der Waals surface area (Å²) >= 11 is 0. The maximum absolute atomic E-state index is 13.1. The van der Waals surface area contributed by atoms with Crippen LogP contribution in [0.4, 0.5) is 24.7 Å². The van der Waals surface area contributed by atoms with Crippen LogP contribution in [0.2, 0.25) is 0 Å². The van der Waals surface area contributed by atoms with Gasteiger partial charge in [-0.2, -0.15) is 21.6 Å². The first-order valence-corrected chi connectivity index (χ1v) is 12.0. The van der Waals surface area contributed by atoms with Gasteiger partial charge >= 0.3 is 21.5 Å². The highest BCUT2D eigenvalue weighted by Gasteiger charge is 2.46. The van der Waals surface area contributed by atoms with Crippen molar-refractivity contribution in [2.45, 2.75) is 43.5 Å². The number of sulfonamides is 1. The van der Waals surface area contributed by atoms with Crippen molar-refractivity contribution in [3.05, 3.63) is 53.7 Å². The predicted octanol–water partition coefficient (Wildman–Crippen LogP) is 4.43. The third-order valence-corrected chi connectivity index (χ3v) is 6.78. The van der Waals surface area contributed by atoms with Crippen molar-refractivity contribution >= 4 is 33.4 Å². The fourth-order valence-corrected chi connectivity index (χ4v) is 4.45. The van der Waals surface area contributed by atoms with Crippen LogP contribution in [-0.4, -0.2) is 37.9 Å². The molecule has 0 bridgehead atoms. The van der Waals surface area contributed by atoms with E-state index in [0.29, 0.717) is 17.9 Å². The van der Waals surface area contributed by atoms with E-state index in [-0.39, 0.29) is 23.0 Å². The van der Waals surface area contributed by atoms with E-state index in [4.69, 9.17) is 0 Å². The number of ether oxygens (including phenoxy) is 1. The Morgan fingerprint density at radius 1 is 1.12 bits per heavy atom. The van der Waals surface area contributed by atoms with Gasteiger partial charge in [-0.05, 0) is 42.2 Å². The molecule has 1 aromatic carbocycles. The molecule has 1 unspecified atom stereocenters. The van der Waals surface area contributed by atoms with Crippen LogP contribution in [-0.2, 0) is 19.6 Å². The number of halogens is 3. The van der Waals surface area contributed by atoms with Crippen molar-refractivity contribution < 1.29 is 35.9 Å². The topological polar surface area (TPSA) is 114 Å². The maximum atomic E-state index is 13.1. The van der Waals surface area contributed by atoms with Crippen LogP contribution in [0.25, 0.3) is 0 Å². The first-order chi connectivity index (χ1) is 16.0. The summed E-state index contributed by atoms with van der Waals surface area (Å²) < 4.78 is 66.6. The molecule has 0 saturated heterocycles. The average Bonchev–Trinajstić information content (AvgIpc) is 3.30. The number of carbonyl (C=O) groups excluding carboxylic acids is 2. The Balaban J connectivity index is 1.78. The third kappa shape index (κ3) is 6.25. The zero-order valence-corrected chi connectivity index (χ0v) is 19.1. The average molecular weight is 500 g/mol. The van der Waals surface area contributed by atoms with E-state index in [1.807, 2.05) is 0 Å². The lowest BCUT2D eigenvalue weighted by Crippen LogP contribution is -2.29. The summed E-state index contributed by atoms with van der Waals surface area (Å²) in [6.07, 6.45) is 5.87. The van der Waals surface area contributed by atoms with Crippen LogP contribution in [0, 0.1) is 5.92 Å². The number of methoxy groups -OCH3 is 1. The standard InChI is InChI=1S/C22H24F3N3O5S/c1-33-21(30)16-8-11-19(26-13-16)27-20(29)18(12-14-4-2-3-5-14)15-6-9-17(10-7-15)28-34(31,32)22(23,24)25/h6-11,13-14,18,28H,2-5,12H2,1H3,(H,26,27,29). The van der Waals surface area contributed by atoms with Crippen molar-refractivity contribution in [2.24, 2.45) is 5.92 Å². The van der Waals surface area contributed by atoms with Gasteiger partial charge in [0.2, 0.25) is 5.91 Å². The molecule has 1 atom stereocenters. The van der Waals surface area contributed by atoms with E-state index < -0.39 is 27.4 Å². The van der Waals surface area contributed by atoms with Crippen LogP contribution in [0.3, 0.4) is 0 Å². The molecule has 1 fully saturated rings. The Labute approximate surface area is 195 Å². The molecule has 12 heteroatoms. The van der Waals surface area contributed by atoms with E-state index >= 15 is 0 Å². The fourth-order valence-electron chi connectivity index (χ4n) is 3.89. The van der Waals surface area contributed by atoms with Crippen molar-refractivity contribution in [1.82, 2.24) is 4.98 Å². The number of hydrogen-bond donors (Lipinski definition) is 2. The maximum Gasteiger partial charge on any atom is 0.516 e. The van der Waals surface area contributed by atoms with E-state index in [1.54, 1.807) is 0 Å². The van der Waals surface area contributed by atoms with Crippen LogP contribution < -0.4 is 10.0 Å². The number of aromatic nitrogens is 1. The summed E-state index contributed by atoms with van der Waals surface area (Å²) in [6, 6.07) is 8.17. The number of nitrogens with one attached hydrogen (secondary N) is 2. The minimum atomic E-state index is -5.54. The van der Waals surface area contributed by atoms with Crippen LogP contribution in [0.15, 0.2) is 42.6 Å². The quantitative estimate of drug-likeness (QED) is 0.520. The molecule has 2 aromatic rings. The zero-order chi connectivity index (χ0) is 24.9. The summed E-state index contributed by atoms with van der Waals surface area (Å²) in [6.45, 7) is 0. The van der Waals surface area contributed by atoms with Crippen molar-refractivity contribution in [2.75, 3.05) is 17.1 Å². The van der Waals surface area contributed by atoms with Gasteiger partial charge in [-0.15, -0.1) is 0 Å². The molecule has 2 N–H and O–H groups in total. The molecular formula is C22H24F3N3O5S. The normalized spacial score (nSPS) is 15.5. The Bertz CT molecular complexity index is 1110. The molecule has 1 aliphatic carbocycles. The molecule has 0 spiro atoms. The van der Waals surface area contributed by atoms with Gasteiger partial charge in [0.1, 0.15) is 5.82 Å². The summed E-state index contributed by atoms with van der Waals surface area (Å²) in [5.41, 5.74) is -4.95. The number of alkyl halides is 3. The molecule has 1 saturated carbocycles. The van der Waals surface area contributed by atoms with E-state index in [9.17, 15) is 31.2 Å². The second kappa shape index (κ2) is 10.4. The van der Waals surface area contributed by atoms with E-state index in [0.717, 1.165) is 25.7 Å². The molecule has 0 aliphatic heterocycles.